The lowest BCUT2D eigenvalue weighted by Crippen LogP contribution is -2.30. The molecule has 1 fully saturated rings. The van der Waals surface area contributed by atoms with Gasteiger partial charge in [0.2, 0.25) is 0 Å². The lowest BCUT2D eigenvalue weighted by Gasteiger charge is -2.28. The predicted molar refractivity (Wildman–Crippen MR) is 107 cm³/mol. The average molecular weight is 414 g/mol. The largest absolute Gasteiger partial charge is 0.478 e. The van der Waals surface area contributed by atoms with Crippen molar-refractivity contribution in [2.24, 2.45) is 0 Å². The number of carboxylic acid groups (broad SMARTS) is 1. The van der Waals surface area contributed by atoms with Crippen LogP contribution in [0.25, 0.3) is 0 Å². The standard InChI is InChI=1S/C19H18N4O7/c24-18(20-14-6-4-5-12(9-14)19(25)26)13-10-15(22(27)28)17(16(11-13)23(29)30)21-7-2-1-3-8-21/h4-6,9-11H,1-3,7-8H2,(H,20,24)(H,25,26). The van der Waals surface area contributed by atoms with E-state index in [1.54, 1.807) is 4.90 Å². The molecule has 11 heteroatoms. The van der Waals surface area contributed by atoms with Crippen LogP contribution >= 0.6 is 0 Å². The van der Waals surface area contributed by atoms with Crippen molar-refractivity contribution in [3.8, 4) is 0 Å². The van der Waals surface area contributed by atoms with Crippen molar-refractivity contribution in [1.29, 1.82) is 0 Å². The molecule has 156 valence electrons. The van der Waals surface area contributed by atoms with Crippen LogP contribution in [-0.2, 0) is 0 Å². The summed E-state index contributed by atoms with van der Waals surface area (Å²) in [5.41, 5.74) is -1.33. The summed E-state index contributed by atoms with van der Waals surface area (Å²) in [6.07, 6.45) is 2.46. The predicted octanol–water partition coefficient (Wildman–Crippen LogP) is 3.44. The first-order valence-electron chi connectivity index (χ1n) is 9.14. The number of nitrogens with zero attached hydrogens (tertiary/aromatic N) is 3. The highest BCUT2D eigenvalue weighted by Gasteiger charge is 2.33. The van der Waals surface area contributed by atoms with Gasteiger partial charge in [-0.2, -0.15) is 0 Å². The van der Waals surface area contributed by atoms with Crippen molar-refractivity contribution in [2.45, 2.75) is 19.3 Å². The summed E-state index contributed by atoms with van der Waals surface area (Å²) in [6, 6.07) is 7.42. The number of carboxylic acids is 1. The van der Waals surface area contributed by atoms with Crippen LogP contribution in [0.1, 0.15) is 40.0 Å². The van der Waals surface area contributed by atoms with Crippen LogP contribution in [0, 0.1) is 20.2 Å². The first kappa shape index (κ1) is 20.7. The Kier molecular flexibility index (Phi) is 5.90. The monoisotopic (exact) mass is 414 g/mol. The molecule has 0 saturated carbocycles. The Balaban J connectivity index is 2.01. The molecular formula is C19H18N4O7. The second-order valence-corrected chi connectivity index (χ2v) is 6.77. The minimum absolute atomic E-state index is 0.0646. The Bertz CT molecular complexity index is 996. The zero-order chi connectivity index (χ0) is 21.8. The third kappa shape index (κ3) is 4.35. The number of hydrogen-bond donors (Lipinski definition) is 2. The lowest BCUT2D eigenvalue weighted by molar-refractivity contribution is -0.392. The van der Waals surface area contributed by atoms with Gasteiger partial charge in [0.1, 0.15) is 0 Å². The maximum atomic E-state index is 12.6. The highest BCUT2D eigenvalue weighted by atomic mass is 16.6. The van der Waals surface area contributed by atoms with Gasteiger partial charge in [-0.25, -0.2) is 4.79 Å². The molecule has 0 aromatic heterocycles. The zero-order valence-corrected chi connectivity index (χ0v) is 15.7. The molecule has 2 aromatic carbocycles. The number of benzene rings is 2. The van der Waals surface area contributed by atoms with Crippen molar-refractivity contribution >= 4 is 34.6 Å². The third-order valence-electron chi connectivity index (χ3n) is 4.76. The van der Waals surface area contributed by atoms with Crippen LogP contribution in [0.15, 0.2) is 36.4 Å². The summed E-state index contributed by atoms with van der Waals surface area (Å²) >= 11 is 0. The van der Waals surface area contributed by atoms with E-state index in [-0.39, 0.29) is 22.5 Å². The van der Waals surface area contributed by atoms with E-state index in [1.165, 1.54) is 24.3 Å². The number of nitrogens with one attached hydrogen (secondary N) is 1. The normalized spacial score (nSPS) is 13.5. The second kappa shape index (κ2) is 8.55. The van der Waals surface area contributed by atoms with E-state index in [9.17, 15) is 29.8 Å². The summed E-state index contributed by atoms with van der Waals surface area (Å²) in [6.45, 7) is 0.907. The first-order chi connectivity index (χ1) is 14.3. The zero-order valence-electron chi connectivity index (χ0n) is 15.7. The number of aromatic carboxylic acids is 1. The fourth-order valence-corrected chi connectivity index (χ4v) is 3.39. The summed E-state index contributed by atoms with van der Waals surface area (Å²) in [5.74, 6) is -2.02. The Hall–Kier alpha value is -4.02. The quantitative estimate of drug-likeness (QED) is 0.538. The van der Waals surface area contributed by atoms with Gasteiger partial charge in [0.25, 0.3) is 17.3 Å². The van der Waals surface area contributed by atoms with Gasteiger partial charge in [0.15, 0.2) is 5.69 Å². The van der Waals surface area contributed by atoms with Crippen LogP contribution in [0.3, 0.4) is 0 Å². The smallest absolute Gasteiger partial charge is 0.335 e. The van der Waals surface area contributed by atoms with Gasteiger partial charge in [-0.1, -0.05) is 6.07 Å². The Morgan fingerprint density at radius 2 is 1.53 bits per heavy atom. The van der Waals surface area contributed by atoms with E-state index in [1.807, 2.05) is 0 Å². The van der Waals surface area contributed by atoms with Gasteiger partial charge >= 0.3 is 5.97 Å². The summed E-state index contributed by atoms with van der Waals surface area (Å²) in [5, 5.41) is 34.8. The Labute approximate surface area is 170 Å². The number of hydrogen-bond acceptors (Lipinski definition) is 7. The van der Waals surface area contributed by atoms with Crippen LogP contribution in [0.5, 0.6) is 0 Å². The molecule has 0 bridgehead atoms. The molecule has 2 aromatic rings. The van der Waals surface area contributed by atoms with E-state index in [2.05, 4.69) is 5.32 Å². The molecule has 1 aliphatic heterocycles. The second-order valence-electron chi connectivity index (χ2n) is 6.77. The van der Waals surface area contributed by atoms with Crippen molar-refractivity contribution < 1.29 is 24.5 Å². The Morgan fingerprint density at radius 3 is 2.07 bits per heavy atom. The number of piperidine rings is 1. The fourth-order valence-electron chi connectivity index (χ4n) is 3.39. The van der Waals surface area contributed by atoms with Gasteiger partial charge in [-0.15, -0.1) is 0 Å². The molecular weight excluding hydrogens is 396 g/mol. The fraction of sp³-hybridized carbons (Fsp3) is 0.263. The number of anilines is 2. The SMILES string of the molecule is O=C(O)c1cccc(NC(=O)c2cc([N+](=O)[O-])c(N3CCCCC3)c([N+](=O)[O-])c2)c1. The number of amides is 1. The molecule has 30 heavy (non-hydrogen) atoms. The molecule has 1 saturated heterocycles. The van der Waals surface area contributed by atoms with Crippen LogP contribution in [-0.4, -0.2) is 39.9 Å². The molecule has 0 atom stereocenters. The number of carbonyl (C=O) groups is 2. The van der Waals surface area contributed by atoms with Gasteiger partial charge in [-0.3, -0.25) is 25.0 Å². The minimum atomic E-state index is -1.19. The number of rotatable bonds is 6. The van der Waals surface area contributed by atoms with E-state index in [0.717, 1.165) is 31.4 Å². The molecule has 11 nitrogen and oxygen atoms in total. The van der Waals surface area contributed by atoms with Gasteiger partial charge < -0.3 is 15.3 Å². The maximum absolute atomic E-state index is 12.6. The molecule has 2 N–H and O–H groups in total. The van der Waals surface area contributed by atoms with Crippen LogP contribution in [0.2, 0.25) is 0 Å². The number of nitro benzene ring substituents is 2. The van der Waals surface area contributed by atoms with E-state index < -0.39 is 33.1 Å². The molecule has 3 rings (SSSR count). The van der Waals surface area contributed by atoms with Crippen molar-refractivity contribution in [2.75, 3.05) is 23.3 Å². The molecule has 1 amide bonds. The van der Waals surface area contributed by atoms with Gasteiger partial charge in [0, 0.05) is 30.9 Å². The van der Waals surface area contributed by atoms with E-state index >= 15 is 0 Å². The molecule has 0 unspecified atom stereocenters. The summed E-state index contributed by atoms with van der Waals surface area (Å²) in [7, 11) is 0. The third-order valence-corrected chi connectivity index (χ3v) is 4.76. The lowest BCUT2D eigenvalue weighted by atomic mass is 10.1. The molecule has 0 aliphatic carbocycles. The molecule has 0 spiro atoms. The number of nitro groups is 2. The molecule has 0 radical (unpaired) electrons. The molecule has 1 heterocycles. The number of carbonyl (C=O) groups excluding carboxylic acids is 1. The van der Waals surface area contributed by atoms with Crippen LogP contribution in [0.4, 0.5) is 22.7 Å². The molecule has 1 aliphatic rings. The summed E-state index contributed by atoms with van der Waals surface area (Å²) < 4.78 is 0. The van der Waals surface area contributed by atoms with Crippen molar-refractivity contribution in [3.05, 3.63) is 67.8 Å². The highest BCUT2D eigenvalue weighted by Crippen LogP contribution is 2.40. The van der Waals surface area contributed by atoms with Gasteiger partial charge in [-0.05, 0) is 37.5 Å². The summed E-state index contributed by atoms with van der Waals surface area (Å²) in [4.78, 5) is 47.1. The van der Waals surface area contributed by atoms with Crippen LogP contribution < -0.4 is 10.2 Å². The average Bonchev–Trinajstić information content (AvgIpc) is 2.73. The van der Waals surface area contributed by atoms with E-state index in [0.29, 0.717) is 13.1 Å². The maximum Gasteiger partial charge on any atom is 0.335 e. The first-order valence-corrected chi connectivity index (χ1v) is 9.14. The van der Waals surface area contributed by atoms with Crippen molar-refractivity contribution in [1.82, 2.24) is 0 Å². The highest BCUT2D eigenvalue weighted by molar-refractivity contribution is 6.06. The van der Waals surface area contributed by atoms with Gasteiger partial charge in [0.05, 0.1) is 21.0 Å². The minimum Gasteiger partial charge on any atom is -0.478 e. The Morgan fingerprint density at radius 1 is 0.933 bits per heavy atom. The topological polar surface area (TPSA) is 156 Å². The van der Waals surface area contributed by atoms with Crippen molar-refractivity contribution in [3.63, 3.8) is 0 Å². The van der Waals surface area contributed by atoms with E-state index in [4.69, 9.17) is 5.11 Å².